The van der Waals surface area contributed by atoms with Crippen molar-refractivity contribution in [1.29, 1.82) is 0 Å². The monoisotopic (exact) mass is 293 g/mol. The van der Waals surface area contributed by atoms with E-state index < -0.39 is 24.3 Å². The van der Waals surface area contributed by atoms with Gasteiger partial charge in [-0.1, -0.05) is 0 Å². The molecule has 1 aliphatic rings. The summed E-state index contributed by atoms with van der Waals surface area (Å²) in [5, 5.41) is 5.99. The third kappa shape index (κ3) is 4.37. The Kier molecular flexibility index (Phi) is 4.60. The van der Waals surface area contributed by atoms with Gasteiger partial charge in [-0.05, 0) is 24.3 Å². The van der Waals surface area contributed by atoms with E-state index in [0.717, 1.165) is 0 Å². The number of rotatable bonds is 4. The number of ether oxygens (including phenoxy) is 1. The van der Waals surface area contributed by atoms with Crippen LogP contribution in [0.15, 0.2) is 29.4 Å². The summed E-state index contributed by atoms with van der Waals surface area (Å²) in [5.74, 6) is -2.02. The minimum Gasteiger partial charge on any atom is -0.451 e. The first-order valence-electron chi connectivity index (χ1n) is 6.12. The average Bonchev–Trinajstić information content (AvgIpc) is 2.48. The molecule has 2 N–H and O–H groups in total. The lowest BCUT2D eigenvalue weighted by atomic mass is 10.2. The molecule has 21 heavy (non-hydrogen) atoms. The molecule has 0 spiro atoms. The van der Waals surface area contributed by atoms with Gasteiger partial charge in [0.25, 0.3) is 5.91 Å². The van der Waals surface area contributed by atoms with Crippen molar-refractivity contribution in [1.82, 2.24) is 5.43 Å². The predicted octanol–water partition coefficient (Wildman–Crippen LogP) is 0.573. The van der Waals surface area contributed by atoms with E-state index in [2.05, 4.69) is 15.8 Å². The van der Waals surface area contributed by atoms with Crippen LogP contribution in [0.2, 0.25) is 0 Å². The lowest BCUT2D eigenvalue weighted by Crippen LogP contribution is -2.32. The van der Waals surface area contributed by atoms with E-state index >= 15 is 0 Å². The zero-order valence-electron chi connectivity index (χ0n) is 10.9. The van der Waals surface area contributed by atoms with Crippen molar-refractivity contribution in [2.75, 3.05) is 11.9 Å². The maximum absolute atomic E-state index is 12.7. The second kappa shape index (κ2) is 6.60. The van der Waals surface area contributed by atoms with Crippen LogP contribution in [0.4, 0.5) is 10.1 Å². The van der Waals surface area contributed by atoms with Crippen molar-refractivity contribution >= 4 is 29.2 Å². The van der Waals surface area contributed by atoms with Crippen LogP contribution in [-0.2, 0) is 19.1 Å². The summed E-state index contributed by atoms with van der Waals surface area (Å²) in [4.78, 5) is 34.0. The zero-order chi connectivity index (χ0) is 15.2. The van der Waals surface area contributed by atoms with Crippen LogP contribution in [0.3, 0.4) is 0 Å². The molecule has 2 amide bonds. The fraction of sp³-hybridized carbons (Fsp3) is 0.231. The van der Waals surface area contributed by atoms with Crippen LogP contribution in [0, 0.1) is 5.82 Å². The Hall–Kier alpha value is -2.77. The number of nitrogens with zero attached hydrogens (tertiary/aromatic N) is 1. The van der Waals surface area contributed by atoms with Crippen LogP contribution < -0.4 is 10.7 Å². The summed E-state index contributed by atoms with van der Waals surface area (Å²) in [6.07, 6.45) is 0.319. The number of carbonyl (C=O) groups excluding carboxylic acids is 3. The van der Waals surface area contributed by atoms with Gasteiger partial charge in [0.15, 0.2) is 6.61 Å². The topological polar surface area (TPSA) is 96.9 Å². The minimum atomic E-state index is -0.760. The Bertz CT molecular complexity index is 598. The Morgan fingerprint density at radius 1 is 1.29 bits per heavy atom. The van der Waals surface area contributed by atoms with Crippen LogP contribution >= 0.6 is 0 Å². The number of amides is 2. The highest BCUT2D eigenvalue weighted by Gasteiger charge is 2.20. The summed E-state index contributed by atoms with van der Waals surface area (Å²) in [6, 6.07) is 5.16. The van der Waals surface area contributed by atoms with E-state index in [4.69, 9.17) is 4.74 Å². The molecule has 7 nitrogen and oxygen atoms in total. The predicted molar refractivity (Wildman–Crippen MR) is 70.8 cm³/mol. The van der Waals surface area contributed by atoms with Gasteiger partial charge in [-0.2, -0.15) is 5.10 Å². The first-order chi connectivity index (χ1) is 10.0. The van der Waals surface area contributed by atoms with Crippen molar-refractivity contribution in [3.8, 4) is 0 Å². The third-order valence-electron chi connectivity index (χ3n) is 2.60. The number of hydrogen-bond donors (Lipinski definition) is 2. The molecular formula is C13H12FN3O4. The first-order valence-corrected chi connectivity index (χ1v) is 6.12. The molecule has 110 valence electrons. The summed E-state index contributed by atoms with van der Waals surface area (Å²) >= 11 is 0. The summed E-state index contributed by atoms with van der Waals surface area (Å²) in [6.45, 7) is -0.497. The van der Waals surface area contributed by atoms with E-state index in [-0.39, 0.29) is 24.5 Å². The quantitative estimate of drug-likeness (QED) is 0.793. The molecule has 1 aromatic carbocycles. The molecule has 1 aromatic rings. The standard InChI is InChI=1S/C13H12FN3O4/c14-8-1-3-9(4-2-8)15-12(19)7-21-13(20)10-5-6-11(18)17-16-10/h1-4H,5-7H2,(H,15,19)(H,17,18). The summed E-state index contributed by atoms with van der Waals surface area (Å²) < 4.78 is 17.5. The number of anilines is 1. The lowest BCUT2D eigenvalue weighted by Gasteiger charge is -2.11. The van der Waals surface area contributed by atoms with Crippen molar-refractivity contribution in [3.63, 3.8) is 0 Å². The zero-order valence-corrected chi connectivity index (χ0v) is 10.9. The van der Waals surface area contributed by atoms with Gasteiger partial charge in [0.2, 0.25) is 5.91 Å². The van der Waals surface area contributed by atoms with E-state index in [1.807, 2.05) is 0 Å². The first kappa shape index (κ1) is 14.6. The summed E-state index contributed by atoms with van der Waals surface area (Å²) in [7, 11) is 0. The molecule has 0 atom stereocenters. The van der Waals surface area contributed by atoms with Gasteiger partial charge in [-0.25, -0.2) is 14.6 Å². The number of hydrazone groups is 1. The molecule has 2 rings (SSSR count). The Balaban J connectivity index is 1.79. The molecular weight excluding hydrogens is 281 g/mol. The molecule has 1 aliphatic heterocycles. The highest BCUT2D eigenvalue weighted by atomic mass is 19.1. The van der Waals surface area contributed by atoms with E-state index in [9.17, 15) is 18.8 Å². The number of nitrogens with one attached hydrogen (secondary N) is 2. The molecule has 1 heterocycles. The molecule has 0 fully saturated rings. The number of halogens is 1. The highest BCUT2D eigenvalue weighted by Crippen LogP contribution is 2.08. The van der Waals surface area contributed by atoms with E-state index in [1.54, 1.807) is 0 Å². The SMILES string of the molecule is O=C1CCC(C(=O)OCC(=O)Nc2ccc(F)cc2)=NN1. The smallest absolute Gasteiger partial charge is 0.355 e. The second-order valence-corrected chi connectivity index (χ2v) is 4.22. The molecule has 0 radical (unpaired) electrons. The molecule has 0 unspecified atom stereocenters. The maximum atomic E-state index is 12.7. The van der Waals surface area contributed by atoms with Crippen LogP contribution in [0.25, 0.3) is 0 Å². The fourth-order valence-corrected chi connectivity index (χ4v) is 1.57. The van der Waals surface area contributed by atoms with Crippen molar-refractivity contribution < 1.29 is 23.5 Å². The Labute approximate surface area is 119 Å². The van der Waals surface area contributed by atoms with Crippen LogP contribution in [0.5, 0.6) is 0 Å². The average molecular weight is 293 g/mol. The van der Waals surface area contributed by atoms with Crippen molar-refractivity contribution in [2.45, 2.75) is 12.8 Å². The Morgan fingerprint density at radius 3 is 2.62 bits per heavy atom. The number of benzene rings is 1. The molecule has 8 heteroatoms. The normalized spacial score (nSPS) is 14.0. The van der Waals surface area contributed by atoms with Gasteiger partial charge >= 0.3 is 5.97 Å². The molecule has 0 saturated carbocycles. The lowest BCUT2D eigenvalue weighted by molar-refractivity contribution is -0.140. The number of carbonyl (C=O) groups is 3. The van der Waals surface area contributed by atoms with Crippen LogP contribution in [-0.4, -0.2) is 30.1 Å². The molecule has 0 bridgehead atoms. The van der Waals surface area contributed by atoms with Gasteiger partial charge in [-0.15, -0.1) is 0 Å². The van der Waals surface area contributed by atoms with Gasteiger partial charge in [0.05, 0.1) is 0 Å². The largest absolute Gasteiger partial charge is 0.451 e. The molecule has 0 saturated heterocycles. The Morgan fingerprint density at radius 2 is 2.00 bits per heavy atom. The van der Waals surface area contributed by atoms with E-state index in [1.165, 1.54) is 24.3 Å². The van der Waals surface area contributed by atoms with Gasteiger partial charge in [0, 0.05) is 18.5 Å². The third-order valence-corrected chi connectivity index (χ3v) is 2.60. The number of esters is 1. The maximum Gasteiger partial charge on any atom is 0.355 e. The minimum absolute atomic E-state index is 0.0594. The fourth-order valence-electron chi connectivity index (χ4n) is 1.57. The summed E-state index contributed by atoms with van der Waals surface area (Å²) in [5.41, 5.74) is 2.61. The van der Waals surface area contributed by atoms with Crippen molar-refractivity contribution in [2.24, 2.45) is 5.10 Å². The highest BCUT2D eigenvalue weighted by molar-refractivity contribution is 6.37. The molecule has 0 aromatic heterocycles. The van der Waals surface area contributed by atoms with Gasteiger partial charge in [0.1, 0.15) is 11.5 Å². The van der Waals surface area contributed by atoms with Gasteiger partial charge < -0.3 is 10.1 Å². The van der Waals surface area contributed by atoms with Crippen LogP contribution in [0.1, 0.15) is 12.8 Å². The second-order valence-electron chi connectivity index (χ2n) is 4.22. The van der Waals surface area contributed by atoms with Crippen molar-refractivity contribution in [3.05, 3.63) is 30.1 Å². The number of hydrogen-bond acceptors (Lipinski definition) is 5. The van der Waals surface area contributed by atoms with E-state index in [0.29, 0.717) is 5.69 Å². The van der Waals surface area contributed by atoms with Gasteiger partial charge in [-0.3, -0.25) is 9.59 Å². The molecule has 0 aliphatic carbocycles.